The van der Waals surface area contributed by atoms with Gasteiger partial charge < -0.3 is 0 Å². The fourth-order valence-electron chi connectivity index (χ4n) is 3.63. The molecule has 0 aliphatic heterocycles. The summed E-state index contributed by atoms with van der Waals surface area (Å²) >= 11 is 6.82. The van der Waals surface area contributed by atoms with Gasteiger partial charge in [-0.15, -0.1) is 10.2 Å². The lowest BCUT2D eigenvalue weighted by atomic mass is 10.0. The van der Waals surface area contributed by atoms with Gasteiger partial charge in [-0.2, -0.15) is 5.10 Å². The molecule has 1 aromatic carbocycles. The van der Waals surface area contributed by atoms with Gasteiger partial charge in [-0.05, 0) is 26.7 Å². The Hall–Kier alpha value is -1.94. The van der Waals surface area contributed by atoms with Crippen LogP contribution in [0.3, 0.4) is 0 Å². The summed E-state index contributed by atoms with van der Waals surface area (Å²) in [6.45, 7) is 4.23. The number of benzene rings is 1. The molecule has 2 aromatic heterocycles. The number of hydrogen-bond donors (Lipinski definition) is 0. The van der Waals surface area contributed by atoms with E-state index in [4.69, 9.17) is 16.7 Å². The minimum atomic E-state index is 0.232. The minimum Gasteiger partial charge on any atom is -0.243 e. The average molecular weight is 341 g/mol. The first-order valence-electron chi connectivity index (χ1n) is 8.66. The van der Waals surface area contributed by atoms with Gasteiger partial charge in [0, 0.05) is 17.5 Å². The second kappa shape index (κ2) is 6.17. The van der Waals surface area contributed by atoms with Crippen LogP contribution in [0.2, 0.25) is 5.02 Å². The van der Waals surface area contributed by atoms with Gasteiger partial charge in [0.05, 0.1) is 16.1 Å². The van der Waals surface area contributed by atoms with E-state index in [1.807, 2.05) is 35.0 Å². The molecule has 0 spiro atoms. The summed E-state index contributed by atoms with van der Waals surface area (Å²) in [5, 5.41) is 15.5. The largest absolute Gasteiger partial charge is 0.243 e. The van der Waals surface area contributed by atoms with E-state index in [0.29, 0.717) is 10.9 Å². The summed E-state index contributed by atoms with van der Waals surface area (Å²) in [4.78, 5) is 0. The highest BCUT2D eigenvalue weighted by molar-refractivity contribution is 6.37. The van der Waals surface area contributed by atoms with Crippen LogP contribution in [-0.2, 0) is 0 Å². The molecule has 1 saturated carbocycles. The van der Waals surface area contributed by atoms with E-state index in [-0.39, 0.29) is 6.04 Å². The second-order valence-electron chi connectivity index (χ2n) is 6.83. The molecule has 0 amide bonds. The van der Waals surface area contributed by atoms with Gasteiger partial charge in [0.15, 0.2) is 5.65 Å². The number of nitrogens with zero attached hydrogens (tertiary/aromatic N) is 4. The molecule has 5 heteroatoms. The Morgan fingerprint density at radius 1 is 1.08 bits per heavy atom. The van der Waals surface area contributed by atoms with E-state index >= 15 is 0 Å². The first-order chi connectivity index (χ1) is 11.7. The van der Waals surface area contributed by atoms with Crippen molar-refractivity contribution in [3.8, 4) is 11.3 Å². The van der Waals surface area contributed by atoms with E-state index in [1.54, 1.807) is 0 Å². The van der Waals surface area contributed by atoms with Gasteiger partial charge in [-0.3, -0.25) is 0 Å². The zero-order valence-corrected chi connectivity index (χ0v) is 14.8. The maximum absolute atomic E-state index is 6.82. The molecule has 1 aliphatic rings. The molecule has 0 saturated heterocycles. The van der Waals surface area contributed by atoms with Crippen LogP contribution in [0.4, 0.5) is 0 Å². The zero-order valence-electron chi connectivity index (χ0n) is 14.0. The molecule has 1 fully saturated rings. The highest BCUT2D eigenvalue weighted by Crippen LogP contribution is 2.41. The van der Waals surface area contributed by atoms with Crippen LogP contribution in [0, 0.1) is 0 Å². The molecule has 0 bridgehead atoms. The molecule has 0 N–H and O–H groups in total. The van der Waals surface area contributed by atoms with Crippen LogP contribution in [0.25, 0.3) is 22.3 Å². The van der Waals surface area contributed by atoms with E-state index in [1.165, 1.54) is 25.7 Å². The number of rotatable bonds is 3. The quantitative estimate of drug-likeness (QED) is 0.642. The van der Waals surface area contributed by atoms with Crippen molar-refractivity contribution in [2.45, 2.75) is 51.5 Å². The molecule has 4 rings (SSSR count). The first kappa shape index (κ1) is 15.6. The molecule has 3 aromatic rings. The number of halogens is 1. The lowest BCUT2D eigenvalue weighted by molar-refractivity contribution is 0.528. The highest BCUT2D eigenvalue weighted by atomic mass is 35.5. The third kappa shape index (κ3) is 2.49. The van der Waals surface area contributed by atoms with Crippen molar-refractivity contribution in [1.82, 2.24) is 20.0 Å². The summed E-state index contributed by atoms with van der Waals surface area (Å²) < 4.78 is 1.97. The molecule has 124 valence electrons. The third-order valence-corrected chi connectivity index (χ3v) is 5.23. The molecular formula is C19H21ClN4. The van der Waals surface area contributed by atoms with E-state index in [2.05, 4.69) is 24.0 Å². The fourth-order valence-corrected chi connectivity index (χ4v) is 3.96. The van der Waals surface area contributed by atoms with Crippen molar-refractivity contribution in [2.75, 3.05) is 0 Å². The molecular weight excluding hydrogens is 320 g/mol. The number of hydrogen-bond acceptors (Lipinski definition) is 3. The molecule has 4 nitrogen and oxygen atoms in total. The van der Waals surface area contributed by atoms with Crippen LogP contribution in [0.1, 0.15) is 57.2 Å². The summed E-state index contributed by atoms with van der Waals surface area (Å²) in [5.74, 6) is 0.484. The van der Waals surface area contributed by atoms with Crippen molar-refractivity contribution in [3.05, 3.63) is 41.0 Å². The Bertz CT molecular complexity index is 864. The second-order valence-corrected chi connectivity index (χ2v) is 7.21. The van der Waals surface area contributed by atoms with Crippen LogP contribution in [0.5, 0.6) is 0 Å². The van der Waals surface area contributed by atoms with Gasteiger partial charge in [-0.1, -0.05) is 54.8 Å². The number of aromatic nitrogens is 4. The SMILES string of the molecule is CC(C)n1nc(C2CCCC2)c2c(Cl)c(-c3ccccc3)nnc21. The van der Waals surface area contributed by atoms with Crippen LogP contribution < -0.4 is 0 Å². The summed E-state index contributed by atoms with van der Waals surface area (Å²) in [6.07, 6.45) is 4.90. The van der Waals surface area contributed by atoms with Crippen molar-refractivity contribution in [2.24, 2.45) is 0 Å². The normalized spacial score (nSPS) is 15.7. The van der Waals surface area contributed by atoms with Crippen molar-refractivity contribution >= 4 is 22.6 Å². The maximum atomic E-state index is 6.82. The standard InChI is InChI=1S/C19H21ClN4/c1-12(2)24-19-15(17(23-24)13-10-6-7-11-13)16(20)18(21-22-19)14-8-4-3-5-9-14/h3-5,8-9,12-13H,6-7,10-11H2,1-2H3. The van der Waals surface area contributed by atoms with Gasteiger partial charge in [0.2, 0.25) is 0 Å². The topological polar surface area (TPSA) is 43.6 Å². The Labute approximate surface area is 146 Å². The fraction of sp³-hybridized carbons (Fsp3) is 0.421. The monoisotopic (exact) mass is 340 g/mol. The van der Waals surface area contributed by atoms with E-state index < -0.39 is 0 Å². The molecule has 1 aliphatic carbocycles. The maximum Gasteiger partial charge on any atom is 0.182 e. The number of fused-ring (bicyclic) bond motifs is 1. The molecule has 0 atom stereocenters. The average Bonchev–Trinajstić information content (AvgIpc) is 3.23. The van der Waals surface area contributed by atoms with Crippen LogP contribution in [0.15, 0.2) is 30.3 Å². The predicted octanol–water partition coefficient (Wildman–Crippen LogP) is 5.39. The van der Waals surface area contributed by atoms with Gasteiger partial charge >= 0.3 is 0 Å². The molecule has 2 heterocycles. The van der Waals surface area contributed by atoms with Crippen molar-refractivity contribution < 1.29 is 0 Å². The predicted molar refractivity (Wildman–Crippen MR) is 97.4 cm³/mol. The van der Waals surface area contributed by atoms with Gasteiger partial charge in [0.25, 0.3) is 0 Å². The van der Waals surface area contributed by atoms with Gasteiger partial charge in [0.1, 0.15) is 5.69 Å². The molecule has 24 heavy (non-hydrogen) atoms. The Morgan fingerprint density at radius 2 is 1.79 bits per heavy atom. The van der Waals surface area contributed by atoms with E-state index in [0.717, 1.165) is 28.0 Å². The van der Waals surface area contributed by atoms with Gasteiger partial charge in [-0.25, -0.2) is 4.68 Å². The van der Waals surface area contributed by atoms with Crippen molar-refractivity contribution in [1.29, 1.82) is 0 Å². The Kier molecular flexibility index (Phi) is 4.01. The third-order valence-electron chi connectivity index (χ3n) is 4.86. The molecule has 0 radical (unpaired) electrons. The van der Waals surface area contributed by atoms with Crippen LogP contribution in [-0.4, -0.2) is 20.0 Å². The lowest BCUT2D eigenvalue weighted by Crippen LogP contribution is -2.05. The van der Waals surface area contributed by atoms with Crippen molar-refractivity contribution in [3.63, 3.8) is 0 Å². The zero-order chi connectivity index (χ0) is 16.7. The summed E-state index contributed by atoms with van der Waals surface area (Å²) in [6, 6.07) is 10.2. The first-order valence-corrected chi connectivity index (χ1v) is 9.04. The molecule has 0 unspecified atom stereocenters. The highest BCUT2D eigenvalue weighted by Gasteiger charge is 2.27. The van der Waals surface area contributed by atoms with Crippen LogP contribution >= 0.6 is 11.6 Å². The summed E-state index contributed by atoms with van der Waals surface area (Å²) in [5.41, 5.74) is 3.64. The van der Waals surface area contributed by atoms with E-state index in [9.17, 15) is 0 Å². The lowest BCUT2D eigenvalue weighted by Gasteiger charge is -2.08. The Balaban J connectivity index is 1.97. The Morgan fingerprint density at radius 3 is 2.46 bits per heavy atom. The minimum absolute atomic E-state index is 0.232. The summed E-state index contributed by atoms with van der Waals surface area (Å²) in [7, 11) is 0. The smallest absolute Gasteiger partial charge is 0.182 e.